The molecule has 0 amide bonds. The largest absolute Gasteiger partial charge is 0.317 e. The summed E-state index contributed by atoms with van der Waals surface area (Å²) in [6.45, 7) is 4.15. The van der Waals surface area contributed by atoms with Gasteiger partial charge in [-0.2, -0.15) is 0 Å². The second kappa shape index (κ2) is 1.51. The van der Waals surface area contributed by atoms with Crippen molar-refractivity contribution in [2.24, 2.45) is 0 Å². The van der Waals surface area contributed by atoms with Gasteiger partial charge >= 0.3 is 0 Å². The van der Waals surface area contributed by atoms with Gasteiger partial charge in [0.2, 0.25) is 0 Å². The maximum atomic E-state index is 5.72. The number of hydrogen-bond donors (Lipinski definition) is 1. The fraction of sp³-hybridized carbons (Fsp3) is 1.00. The Morgan fingerprint density at radius 2 is 2.43 bits per heavy atom. The normalized spacial score (nSPS) is 41.9. The van der Waals surface area contributed by atoms with Crippen molar-refractivity contribution in [3.8, 4) is 0 Å². The van der Waals surface area contributed by atoms with Crippen LogP contribution in [-0.2, 0) is 0 Å². The lowest BCUT2D eigenvalue weighted by Gasteiger charge is -2.13. The summed E-state index contributed by atoms with van der Waals surface area (Å²) in [5, 5.41) is 3.27. The Morgan fingerprint density at radius 1 is 1.71 bits per heavy atom. The molecule has 0 bridgehead atoms. The summed E-state index contributed by atoms with van der Waals surface area (Å²) < 4.78 is 0. The summed E-state index contributed by atoms with van der Waals surface area (Å²) in [5.41, 5.74) is 0. The van der Waals surface area contributed by atoms with Gasteiger partial charge in [0.15, 0.2) is 0 Å². The first-order chi connectivity index (χ1) is 3.21. The van der Waals surface area contributed by atoms with Crippen molar-refractivity contribution in [3.63, 3.8) is 0 Å². The Kier molecular flexibility index (Phi) is 1.12. The van der Waals surface area contributed by atoms with Crippen LogP contribution < -0.4 is 5.32 Å². The number of rotatable bonds is 0. The third-order valence-corrected chi connectivity index (χ3v) is 1.40. The van der Waals surface area contributed by atoms with Gasteiger partial charge in [0.05, 0.1) is 7.85 Å². The fourth-order valence-corrected chi connectivity index (χ4v) is 0.836. The van der Waals surface area contributed by atoms with Gasteiger partial charge < -0.3 is 5.32 Å². The molecular formula is C5H10BN. The molecular weight excluding hydrogens is 84.9 g/mol. The zero-order valence-electron chi connectivity index (χ0n) is 4.70. The Bertz CT molecular complexity index is 62.5. The lowest BCUT2D eigenvalue weighted by molar-refractivity contribution is 0.680. The molecule has 1 N–H and O–H groups in total. The van der Waals surface area contributed by atoms with Crippen LogP contribution in [0, 0.1) is 0 Å². The van der Waals surface area contributed by atoms with Crippen LogP contribution in [0.2, 0.25) is 5.31 Å². The summed E-state index contributed by atoms with van der Waals surface area (Å²) in [6.07, 6.45) is 1.12. The van der Waals surface area contributed by atoms with Gasteiger partial charge in [-0.3, -0.25) is 0 Å². The molecule has 1 atom stereocenters. The monoisotopic (exact) mass is 95.1 g/mol. The Hall–Kier alpha value is 0.0249. The zero-order chi connectivity index (χ0) is 5.33. The minimum absolute atomic E-state index is 0.0833. The molecule has 2 radical (unpaired) electrons. The molecule has 1 unspecified atom stereocenters. The predicted molar refractivity (Wildman–Crippen MR) is 31.6 cm³/mol. The van der Waals surface area contributed by atoms with Crippen LogP contribution in [0.5, 0.6) is 0 Å². The van der Waals surface area contributed by atoms with Crippen molar-refractivity contribution in [2.75, 3.05) is 13.1 Å². The fourth-order valence-electron chi connectivity index (χ4n) is 0.836. The summed E-state index contributed by atoms with van der Waals surface area (Å²) in [4.78, 5) is 0. The van der Waals surface area contributed by atoms with E-state index >= 15 is 0 Å². The zero-order valence-corrected chi connectivity index (χ0v) is 4.70. The number of hydrogen-bond acceptors (Lipinski definition) is 1. The van der Waals surface area contributed by atoms with Crippen LogP contribution in [0.4, 0.5) is 0 Å². The van der Waals surface area contributed by atoms with Crippen molar-refractivity contribution in [1.82, 2.24) is 5.32 Å². The quantitative estimate of drug-likeness (QED) is 0.427. The van der Waals surface area contributed by atoms with Crippen molar-refractivity contribution >= 4 is 7.85 Å². The van der Waals surface area contributed by atoms with Gasteiger partial charge in [0.25, 0.3) is 0 Å². The summed E-state index contributed by atoms with van der Waals surface area (Å²) >= 11 is 0. The first-order valence-electron chi connectivity index (χ1n) is 2.70. The van der Waals surface area contributed by atoms with Crippen LogP contribution >= 0.6 is 0 Å². The van der Waals surface area contributed by atoms with Crippen molar-refractivity contribution < 1.29 is 0 Å². The lowest BCUT2D eigenvalue weighted by Crippen LogP contribution is -2.12. The summed E-state index contributed by atoms with van der Waals surface area (Å²) in [5.74, 6) is 0. The topological polar surface area (TPSA) is 12.0 Å². The van der Waals surface area contributed by atoms with E-state index < -0.39 is 0 Å². The molecule has 2 heteroatoms. The van der Waals surface area contributed by atoms with Crippen LogP contribution in [-0.4, -0.2) is 20.9 Å². The highest BCUT2D eigenvalue weighted by Crippen LogP contribution is 2.26. The van der Waals surface area contributed by atoms with Crippen molar-refractivity contribution in [1.29, 1.82) is 0 Å². The Labute approximate surface area is 45.9 Å². The van der Waals surface area contributed by atoms with E-state index in [4.69, 9.17) is 7.85 Å². The average Bonchev–Trinajstić information content (AvgIpc) is 1.84. The van der Waals surface area contributed by atoms with Crippen molar-refractivity contribution in [3.05, 3.63) is 0 Å². The standard InChI is InChI=1S/C5H10BN/c1-5(6)2-3-7-4-5/h7H,2-4H2,1H3. The smallest absolute Gasteiger partial charge is 0.0760 e. The molecule has 1 nitrogen and oxygen atoms in total. The molecule has 1 rings (SSSR count). The second-order valence-electron chi connectivity index (χ2n) is 2.58. The van der Waals surface area contributed by atoms with E-state index in [1.807, 2.05) is 0 Å². The first kappa shape index (κ1) is 5.17. The Morgan fingerprint density at radius 3 is 2.57 bits per heavy atom. The van der Waals surface area contributed by atoms with Crippen LogP contribution in [0.15, 0.2) is 0 Å². The molecule has 38 valence electrons. The maximum absolute atomic E-state index is 5.72. The molecule has 7 heavy (non-hydrogen) atoms. The highest BCUT2D eigenvalue weighted by Gasteiger charge is 2.20. The molecule has 1 saturated heterocycles. The van der Waals surface area contributed by atoms with Crippen molar-refractivity contribution in [2.45, 2.75) is 18.7 Å². The highest BCUT2D eigenvalue weighted by atomic mass is 14.9. The van der Waals surface area contributed by atoms with Gasteiger partial charge in [-0.15, -0.1) is 0 Å². The van der Waals surface area contributed by atoms with Gasteiger partial charge in [0, 0.05) is 0 Å². The summed E-state index contributed by atoms with van der Waals surface area (Å²) in [7, 11) is 5.72. The van der Waals surface area contributed by atoms with Crippen LogP contribution in [0.1, 0.15) is 13.3 Å². The average molecular weight is 95.0 g/mol. The molecule has 0 aliphatic carbocycles. The Balaban J connectivity index is 2.40. The molecule has 1 fully saturated rings. The summed E-state index contributed by atoms with van der Waals surface area (Å²) in [6, 6.07) is 0. The van der Waals surface area contributed by atoms with Gasteiger partial charge in [0.1, 0.15) is 0 Å². The molecule has 1 aliphatic heterocycles. The molecule has 0 spiro atoms. The van der Waals surface area contributed by atoms with E-state index in [-0.39, 0.29) is 5.31 Å². The van der Waals surface area contributed by atoms with Crippen LogP contribution in [0.25, 0.3) is 0 Å². The van der Waals surface area contributed by atoms with E-state index in [1.165, 1.54) is 0 Å². The van der Waals surface area contributed by atoms with Gasteiger partial charge in [-0.05, 0) is 19.5 Å². The van der Waals surface area contributed by atoms with E-state index in [0.717, 1.165) is 19.5 Å². The van der Waals surface area contributed by atoms with E-state index in [9.17, 15) is 0 Å². The second-order valence-corrected chi connectivity index (χ2v) is 2.58. The van der Waals surface area contributed by atoms with E-state index in [1.54, 1.807) is 0 Å². The van der Waals surface area contributed by atoms with E-state index in [0.29, 0.717) is 0 Å². The molecule has 0 aromatic carbocycles. The lowest BCUT2D eigenvalue weighted by atomic mass is 9.70. The third kappa shape index (κ3) is 1.20. The molecule has 1 heterocycles. The maximum Gasteiger partial charge on any atom is 0.0760 e. The SMILES string of the molecule is [B]C1(C)CCNC1. The number of nitrogens with one attached hydrogen (secondary N) is 1. The molecule has 0 aromatic heterocycles. The minimum atomic E-state index is 0.0833. The van der Waals surface area contributed by atoms with Gasteiger partial charge in [-0.1, -0.05) is 12.2 Å². The first-order valence-corrected chi connectivity index (χ1v) is 2.70. The highest BCUT2D eigenvalue weighted by molar-refractivity contribution is 6.15. The molecule has 0 aromatic rings. The van der Waals surface area contributed by atoms with Crippen LogP contribution in [0.3, 0.4) is 0 Å². The minimum Gasteiger partial charge on any atom is -0.317 e. The predicted octanol–water partition coefficient (Wildman–Crippen LogP) is 0.327. The third-order valence-electron chi connectivity index (χ3n) is 1.40. The van der Waals surface area contributed by atoms with E-state index in [2.05, 4.69) is 12.2 Å². The molecule has 1 aliphatic rings. The molecule has 0 saturated carbocycles. The van der Waals surface area contributed by atoms with Gasteiger partial charge in [-0.25, -0.2) is 0 Å².